The Morgan fingerprint density at radius 1 is 0.968 bits per heavy atom. The van der Waals surface area contributed by atoms with E-state index in [0.717, 1.165) is 21.4 Å². The monoisotopic (exact) mass is 531 g/mol. The van der Waals surface area contributed by atoms with Crippen molar-refractivity contribution in [3.63, 3.8) is 0 Å². The number of phenolic OH excluding ortho intramolecular Hbond substituents is 1. The van der Waals surface area contributed by atoms with E-state index in [9.17, 15) is 9.50 Å². The van der Waals surface area contributed by atoms with Gasteiger partial charge in [-0.25, -0.2) is 4.39 Å². The van der Waals surface area contributed by atoms with Crippen LogP contribution in [0.25, 0.3) is 5.32 Å². The molecule has 8 heteroatoms. The Hall–Kier alpha value is -0.00195. The molecule has 0 fully saturated rings. The summed E-state index contributed by atoms with van der Waals surface area (Å²) in [4.78, 5) is 0. The van der Waals surface area contributed by atoms with E-state index in [-0.39, 0.29) is 19.9 Å². The van der Waals surface area contributed by atoms with Crippen LogP contribution < -0.4 is 21.0 Å². The SMILES string of the molecule is CC(C)(C)[N-]Cc1cc(F)ccc1Pc1cc([Si](C)(C)C)cc([Si](C)(C)C)c1O.[Cl][Ti+]. The van der Waals surface area contributed by atoms with Gasteiger partial charge in [-0.2, -0.15) is 0 Å². The van der Waals surface area contributed by atoms with Gasteiger partial charge in [0.2, 0.25) is 0 Å². The summed E-state index contributed by atoms with van der Waals surface area (Å²) in [5.41, 5.74) is 0.739. The summed E-state index contributed by atoms with van der Waals surface area (Å²) in [6.45, 7) is 20.5. The van der Waals surface area contributed by atoms with Crippen LogP contribution in [-0.4, -0.2) is 26.8 Å². The summed E-state index contributed by atoms with van der Waals surface area (Å²) in [6.07, 6.45) is 0. The van der Waals surface area contributed by atoms with E-state index in [4.69, 9.17) is 5.32 Å². The van der Waals surface area contributed by atoms with Gasteiger partial charge >= 0.3 is 28.7 Å². The van der Waals surface area contributed by atoms with Crippen molar-refractivity contribution in [2.45, 2.75) is 72.1 Å². The molecule has 1 unspecified atom stereocenters. The maximum atomic E-state index is 13.9. The van der Waals surface area contributed by atoms with Crippen molar-refractivity contribution in [2.24, 2.45) is 0 Å². The van der Waals surface area contributed by atoms with Crippen LogP contribution in [0.3, 0.4) is 0 Å². The fourth-order valence-corrected chi connectivity index (χ4v) is 7.27. The minimum atomic E-state index is -1.70. The summed E-state index contributed by atoms with van der Waals surface area (Å²) < 4.78 is 13.9. The quantitative estimate of drug-likeness (QED) is 0.381. The number of hydrogen-bond donors (Lipinski definition) is 1. The molecule has 1 atom stereocenters. The molecule has 0 aliphatic carbocycles. The van der Waals surface area contributed by atoms with Crippen LogP contribution >= 0.6 is 17.9 Å². The van der Waals surface area contributed by atoms with Gasteiger partial charge in [0.25, 0.3) is 0 Å². The van der Waals surface area contributed by atoms with Gasteiger partial charge < -0.3 is 10.4 Å². The van der Waals surface area contributed by atoms with Crippen LogP contribution in [0.5, 0.6) is 5.75 Å². The van der Waals surface area contributed by atoms with Gasteiger partial charge in [0, 0.05) is 5.30 Å². The third-order valence-electron chi connectivity index (χ3n) is 4.84. The fourth-order valence-electron chi connectivity index (χ4n) is 3.02. The number of hydrogen-bond acceptors (Lipinski definition) is 1. The Labute approximate surface area is 207 Å². The summed E-state index contributed by atoms with van der Waals surface area (Å²) in [7, 11) is 1.68. The van der Waals surface area contributed by atoms with E-state index in [1.54, 1.807) is 6.07 Å². The Morgan fingerprint density at radius 2 is 1.55 bits per heavy atom. The summed E-state index contributed by atoms with van der Waals surface area (Å²) in [5.74, 6) is 0.202. The van der Waals surface area contributed by atoms with Gasteiger partial charge in [-0.05, 0) is 22.6 Å². The van der Waals surface area contributed by atoms with Gasteiger partial charge in [-0.1, -0.05) is 97.6 Å². The molecule has 0 heterocycles. The van der Waals surface area contributed by atoms with Gasteiger partial charge in [-0.15, -0.1) is 12.1 Å². The number of benzene rings is 2. The molecule has 0 amide bonds. The van der Waals surface area contributed by atoms with Crippen molar-refractivity contribution in [3.05, 3.63) is 47.0 Å². The van der Waals surface area contributed by atoms with Crippen molar-refractivity contribution in [1.29, 1.82) is 0 Å². The Morgan fingerprint density at radius 3 is 2.03 bits per heavy atom. The summed E-state index contributed by atoms with van der Waals surface area (Å²) in [6, 6.07) is 9.41. The number of rotatable bonds is 6. The van der Waals surface area contributed by atoms with Crippen LogP contribution in [0.15, 0.2) is 30.3 Å². The summed E-state index contributed by atoms with van der Waals surface area (Å²) >= 11 is 1.47. The van der Waals surface area contributed by atoms with Crippen LogP contribution in [0.4, 0.5) is 4.39 Å². The minimum absolute atomic E-state index is 0.169. The average molecular weight is 532 g/mol. The zero-order valence-electron chi connectivity index (χ0n) is 20.2. The van der Waals surface area contributed by atoms with E-state index in [1.807, 2.05) is 6.07 Å². The molecule has 2 aromatic carbocycles. The van der Waals surface area contributed by atoms with Crippen molar-refractivity contribution in [1.82, 2.24) is 0 Å². The Balaban J connectivity index is 0.00000233. The standard InChI is InChI=1S/C23H36FNOPSi2.ClH.Ti/c1-23(2,3)25-15-16-12-17(24)10-11-19(16)27-20-13-18(28(4,5)6)14-21(22(20)26)29(7,8)9;;/h10-14,26-27H,15H2,1-9H3;1H;/q-1;;+2/p-1. The van der Waals surface area contributed by atoms with Crippen molar-refractivity contribution in [3.8, 4) is 5.75 Å². The first-order valence-electron chi connectivity index (χ1n) is 10.4. The molecule has 0 aromatic heterocycles. The average Bonchev–Trinajstić information content (AvgIpc) is 2.62. The first-order chi connectivity index (χ1) is 14.1. The van der Waals surface area contributed by atoms with E-state index in [1.165, 1.54) is 30.6 Å². The zero-order chi connectivity index (χ0) is 24.2. The van der Waals surface area contributed by atoms with E-state index >= 15 is 0 Å². The van der Waals surface area contributed by atoms with Gasteiger partial charge in [0.15, 0.2) is 0 Å². The van der Waals surface area contributed by atoms with Gasteiger partial charge in [0.1, 0.15) is 11.6 Å². The molecule has 0 spiro atoms. The summed E-state index contributed by atoms with van der Waals surface area (Å²) in [5, 5.41) is 20.4. The fraction of sp³-hybridized carbons (Fsp3) is 0.478. The second kappa shape index (κ2) is 11.4. The molecule has 31 heavy (non-hydrogen) atoms. The topological polar surface area (TPSA) is 34.3 Å². The molecule has 0 bridgehead atoms. The van der Waals surface area contributed by atoms with Gasteiger partial charge in [-0.3, -0.25) is 0 Å². The van der Waals surface area contributed by atoms with Crippen molar-refractivity contribution >= 4 is 55.0 Å². The third kappa shape index (κ3) is 9.04. The van der Waals surface area contributed by atoms with Crippen LogP contribution in [0.1, 0.15) is 26.3 Å². The predicted octanol–water partition coefficient (Wildman–Crippen LogP) is 5.61. The van der Waals surface area contributed by atoms with Crippen LogP contribution in [-0.2, 0) is 25.9 Å². The molecule has 2 aromatic rings. The number of halogens is 2. The Bertz CT molecular complexity index is 893. The Kier molecular flexibility index (Phi) is 10.7. The second-order valence-electron chi connectivity index (χ2n) is 10.8. The molecule has 2 rings (SSSR count). The molecule has 0 radical (unpaired) electrons. The first kappa shape index (κ1) is 29.0. The molecule has 170 valence electrons. The molecule has 0 aliphatic heterocycles. The number of phenols is 1. The van der Waals surface area contributed by atoms with E-state index < -0.39 is 16.1 Å². The second-order valence-corrected chi connectivity index (χ2v) is 22.3. The normalized spacial score (nSPS) is 12.7. The predicted molar refractivity (Wildman–Crippen MR) is 141 cm³/mol. The molecule has 0 aliphatic rings. The molecule has 0 saturated heterocycles. The van der Waals surface area contributed by atoms with Crippen molar-refractivity contribution in [2.75, 3.05) is 0 Å². The van der Waals surface area contributed by atoms with Gasteiger partial charge in [0.05, 0.1) is 16.1 Å². The molecular formula is C23H36ClFNOPSi2Ti. The molecular weight excluding hydrogens is 496 g/mol. The third-order valence-corrected chi connectivity index (χ3v) is 10.3. The maximum absolute atomic E-state index is 13.9. The van der Waals surface area contributed by atoms with Crippen molar-refractivity contribution < 1.29 is 28.9 Å². The van der Waals surface area contributed by atoms with E-state index in [2.05, 4.69) is 81.5 Å². The van der Waals surface area contributed by atoms with E-state index in [0.29, 0.717) is 12.3 Å². The van der Waals surface area contributed by atoms with Crippen LogP contribution in [0, 0.1) is 5.82 Å². The number of nitrogens with zero attached hydrogens (tertiary/aromatic N) is 1. The molecule has 0 saturated carbocycles. The molecule has 1 N–H and O–H groups in total. The molecule has 2 nitrogen and oxygen atoms in total. The first-order valence-corrected chi connectivity index (χ1v) is 20.5. The zero-order valence-corrected chi connectivity index (χ0v) is 25.6. The van der Waals surface area contributed by atoms with Crippen LogP contribution in [0.2, 0.25) is 39.3 Å². The number of aromatic hydroxyl groups is 1.